The molecule has 4 nitrogen and oxygen atoms in total. The summed E-state index contributed by atoms with van der Waals surface area (Å²) in [6.45, 7) is 14.4. The maximum atomic E-state index is 6.74. The van der Waals surface area contributed by atoms with Gasteiger partial charge in [-0.05, 0) is 47.5 Å². The number of benzene rings is 2. The van der Waals surface area contributed by atoms with Crippen molar-refractivity contribution in [2.24, 2.45) is 5.92 Å². The molecule has 204 valence electrons. The predicted molar refractivity (Wildman–Crippen MR) is 161 cm³/mol. The zero-order chi connectivity index (χ0) is 27.5. The van der Waals surface area contributed by atoms with Crippen LogP contribution in [0.4, 0.5) is 0 Å². The van der Waals surface area contributed by atoms with Crippen LogP contribution >= 0.6 is 34.8 Å². The number of halogens is 3. The molecular weight excluding hydrogens is 555 g/mol. The van der Waals surface area contributed by atoms with E-state index in [9.17, 15) is 0 Å². The number of rotatable bonds is 9. The summed E-state index contributed by atoms with van der Waals surface area (Å²) in [5.74, 6) is 0.889. The Morgan fingerprint density at radius 2 is 1.71 bits per heavy atom. The second-order valence-corrected chi connectivity index (χ2v) is 17.7. The molecule has 1 saturated heterocycles. The third-order valence-electron chi connectivity index (χ3n) is 7.93. The number of ether oxygens (including phenoxy) is 1. The summed E-state index contributed by atoms with van der Waals surface area (Å²) in [7, 11) is -2.01. The molecule has 2 heterocycles. The molecule has 0 aliphatic carbocycles. The Morgan fingerprint density at radius 1 is 0.974 bits per heavy atom. The quantitative estimate of drug-likeness (QED) is 0.233. The highest BCUT2D eigenvalue weighted by Crippen LogP contribution is 2.41. The second-order valence-electron chi connectivity index (χ2n) is 11.7. The maximum Gasteiger partial charge on any atom is 0.213 e. The van der Waals surface area contributed by atoms with E-state index in [2.05, 4.69) is 80.1 Å². The van der Waals surface area contributed by atoms with Crippen molar-refractivity contribution in [3.8, 4) is 5.88 Å². The van der Waals surface area contributed by atoms with Crippen LogP contribution in [0.5, 0.6) is 5.88 Å². The van der Waals surface area contributed by atoms with Gasteiger partial charge in [-0.2, -0.15) is 0 Å². The fourth-order valence-corrected chi connectivity index (χ4v) is 6.13. The van der Waals surface area contributed by atoms with E-state index in [-0.39, 0.29) is 23.0 Å². The van der Waals surface area contributed by atoms with Gasteiger partial charge in [-0.15, -0.1) is 0 Å². The first-order valence-corrected chi connectivity index (χ1v) is 17.1. The van der Waals surface area contributed by atoms with E-state index in [4.69, 9.17) is 44.0 Å². The monoisotopic (exact) mass is 590 g/mol. The zero-order valence-electron chi connectivity index (χ0n) is 22.8. The van der Waals surface area contributed by atoms with Crippen molar-refractivity contribution in [2.45, 2.75) is 57.5 Å². The summed E-state index contributed by atoms with van der Waals surface area (Å²) in [6, 6.07) is 20.2. The highest BCUT2D eigenvalue weighted by molar-refractivity contribution is 6.74. The van der Waals surface area contributed by atoms with Crippen LogP contribution < -0.4 is 4.74 Å². The van der Waals surface area contributed by atoms with E-state index in [0.29, 0.717) is 27.6 Å². The molecule has 0 radical (unpaired) electrons. The molecule has 3 unspecified atom stereocenters. The largest absolute Gasteiger partial charge is 0.472 e. The molecule has 0 amide bonds. The van der Waals surface area contributed by atoms with Gasteiger partial charge in [0.1, 0.15) is 6.10 Å². The van der Waals surface area contributed by atoms with Gasteiger partial charge >= 0.3 is 0 Å². The van der Waals surface area contributed by atoms with Crippen molar-refractivity contribution in [1.29, 1.82) is 0 Å². The van der Waals surface area contributed by atoms with E-state index in [1.165, 1.54) is 5.56 Å². The van der Waals surface area contributed by atoms with Crippen LogP contribution in [0.2, 0.25) is 33.2 Å². The summed E-state index contributed by atoms with van der Waals surface area (Å²) in [4.78, 5) is 6.93. The molecule has 3 atom stereocenters. The van der Waals surface area contributed by atoms with Crippen LogP contribution in [-0.4, -0.2) is 44.0 Å². The molecule has 1 aromatic heterocycles. The maximum absolute atomic E-state index is 6.74. The van der Waals surface area contributed by atoms with Crippen LogP contribution in [0.25, 0.3) is 0 Å². The van der Waals surface area contributed by atoms with Crippen molar-refractivity contribution in [3.05, 3.63) is 93.1 Å². The standard InChI is InChI=1S/C30H37Cl3N2O2Si/c1-30(2,3)38(4,5)36-20-28(37-29-14-12-23(31)16-34-29)25-19-35(17-21-9-7-6-8-10-21)18-24(25)22-11-13-26(32)27(33)15-22/h6-16,24-25,28H,17-20H2,1-5H3. The Labute approximate surface area is 243 Å². The number of likely N-dealkylation sites (tertiary alicyclic amines) is 1. The van der Waals surface area contributed by atoms with Crippen molar-refractivity contribution in [1.82, 2.24) is 9.88 Å². The molecule has 1 aliphatic heterocycles. The van der Waals surface area contributed by atoms with Gasteiger partial charge in [0.05, 0.1) is 21.7 Å². The molecule has 0 saturated carbocycles. The minimum atomic E-state index is -2.01. The van der Waals surface area contributed by atoms with Crippen LogP contribution in [-0.2, 0) is 11.0 Å². The van der Waals surface area contributed by atoms with E-state index in [1.54, 1.807) is 6.20 Å². The van der Waals surface area contributed by atoms with Crippen molar-refractivity contribution >= 4 is 43.1 Å². The lowest BCUT2D eigenvalue weighted by Gasteiger charge is -2.38. The third-order valence-corrected chi connectivity index (χ3v) is 13.4. The topological polar surface area (TPSA) is 34.6 Å². The molecule has 0 N–H and O–H groups in total. The molecule has 8 heteroatoms. The normalized spacial score (nSPS) is 19.5. The van der Waals surface area contributed by atoms with Gasteiger partial charge in [0.15, 0.2) is 8.32 Å². The summed E-state index contributed by atoms with van der Waals surface area (Å²) in [5.41, 5.74) is 2.44. The summed E-state index contributed by atoms with van der Waals surface area (Å²) < 4.78 is 13.3. The van der Waals surface area contributed by atoms with Crippen LogP contribution in [0, 0.1) is 5.92 Å². The number of aromatic nitrogens is 1. The highest BCUT2D eigenvalue weighted by Gasteiger charge is 2.43. The zero-order valence-corrected chi connectivity index (χ0v) is 26.0. The van der Waals surface area contributed by atoms with Gasteiger partial charge in [-0.25, -0.2) is 4.98 Å². The number of hydrogen-bond donors (Lipinski definition) is 0. The lowest BCUT2D eigenvalue weighted by atomic mass is 9.85. The van der Waals surface area contributed by atoms with Gasteiger partial charge in [0, 0.05) is 43.7 Å². The molecule has 4 rings (SSSR count). The van der Waals surface area contributed by atoms with Gasteiger partial charge in [0.25, 0.3) is 0 Å². The summed E-state index contributed by atoms with van der Waals surface area (Å²) in [6.07, 6.45) is 1.41. The molecule has 2 aromatic carbocycles. The van der Waals surface area contributed by atoms with Gasteiger partial charge < -0.3 is 9.16 Å². The van der Waals surface area contributed by atoms with Gasteiger partial charge in [-0.3, -0.25) is 4.90 Å². The Balaban J connectivity index is 1.66. The van der Waals surface area contributed by atoms with E-state index < -0.39 is 8.32 Å². The van der Waals surface area contributed by atoms with E-state index in [1.807, 2.05) is 24.3 Å². The fraction of sp³-hybridized carbons (Fsp3) is 0.433. The van der Waals surface area contributed by atoms with Crippen LogP contribution in [0.1, 0.15) is 37.8 Å². The van der Waals surface area contributed by atoms with E-state index >= 15 is 0 Å². The number of hydrogen-bond acceptors (Lipinski definition) is 4. The molecular formula is C30H37Cl3N2O2Si. The van der Waals surface area contributed by atoms with Crippen molar-refractivity contribution in [2.75, 3.05) is 19.7 Å². The first-order chi connectivity index (χ1) is 17.9. The Kier molecular flexibility index (Phi) is 9.50. The molecule has 1 aliphatic rings. The third kappa shape index (κ3) is 7.32. The van der Waals surface area contributed by atoms with Gasteiger partial charge in [0.2, 0.25) is 5.88 Å². The fourth-order valence-electron chi connectivity index (χ4n) is 4.70. The highest BCUT2D eigenvalue weighted by atomic mass is 35.5. The average Bonchev–Trinajstić information content (AvgIpc) is 3.28. The Bertz CT molecular complexity index is 1200. The van der Waals surface area contributed by atoms with Crippen LogP contribution in [0.15, 0.2) is 66.9 Å². The lowest BCUT2D eigenvalue weighted by Crippen LogP contribution is -2.45. The Hall–Kier alpha value is -1.60. The van der Waals surface area contributed by atoms with Crippen molar-refractivity contribution in [3.63, 3.8) is 0 Å². The molecule has 1 fully saturated rings. The van der Waals surface area contributed by atoms with Crippen molar-refractivity contribution < 1.29 is 9.16 Å². The first-order valence-electron chi connectivity index (χ1n) is 13.1. The Morgan fingerprint density at radius 3 is 2.34 bits per heavy atom. The number of nitrogens with zero attached hydrogens (tertiary/aromatic N) is 2. The SMILES string of the molecule is CC(C)(C)[Si](C)(C)OCC(Oc1ccc(Cl)cn1)C1CN(Cc2ccccc2)CC1c1ccc(Cl)c(Cl)c1. The molecule has 38 heavy (non-hydrogen) atoms. The predicted octanol–water partition coefficient (Wildman–Crippen LogP) is 8.73. The summed E-state index contributed by atoms with van der Waals surface area (Å²) >= 11 is 18.9. The number of pyridine rings is 1. The van der Waals surface area contributed by atoms with Gasteiger partial charge in [-0.1, -0.05) is 92.0 Å². The van der Waals surface area contributed by atoms with E-state index in [0.717, 1.165) is 25.2 Å². The average molecular weight is 592 g/mol. The minimum Gasteiger partial charge on any atom is -0.472 e. The smallest absolute Gasteiger partial charge is 0.213 e. The summed E-state index contributed by atoms with van der Waals surface area (Å²) in [5, 5.41) is 1.80. The molecule has 0 spiro atoms. The lowest BCUT2D eigenvalue weighted by molar-refractivity contribution is 0.0650. The molecule has 3 aromatic rings. The second kappa shape index (κ2) is 12.3. The molecule has 0 bridgehead atoms. The minimum absolute atomic E-state index is 0.0915. The van der Waals surface area contributed by atoms with Crippen LogP contribution in [0.3, 0.4) is 0 Å². The first kappa shape index (κ1) is 29.4.